The monoisotopic (exact) mass is 479 g/mol. The molecule has 6 rings (SSSR count). The Morgan fingerprint density at radius 2 is 1.53 bits per heavy atom. The van der Waals surface area contributed by atoms with E-state index in [1.54, 1.807) is 11.8 Å². The van der Waals surface area contributed by atoms with Crippen LogP contribution in [0.1, 0.15) is 5.56 Å². The average Bonchev–Trinajstić information content (AvgIpc) is 3.36. The third-order valence-electron chi connectivity index (χ3n) is 5.96. The molecule has 0 N–H and O–H groups in total. The summed E-state index contributed by atoms with van der Waals surface area (Å²) in [5.41, 5.74) is 3.06. The van der Waals surface area contributed by atoms with Gasteiger partial charge in [-0.25, -0.2) is 4.99 Å². The van der Waals surface area contributed by atoms with E-state index in [0.717, 1.165) is 42.5 Å². The van der Waals surface area contributed by atoms with Crippen LogP contribution in [0.3, 0.4) is 0 Å². The summed E-state index contributed by atoms with van der Waals surface area (Å²) >= 11 is 3.11. The molecular formula is C28H21N3OS2. The summed E-state index contributed by atoms with van der Waals surface area (Å²) in [6.07, 6.45) is 0. The van der Waals surface area contributed by atoms with Crippen LogP contribution in [-0.4, -0.2) is 23.0 Å². The van der Waals surface area contributed by atoms with Gasteiger partial charge in [-0.15, -0.1) is 0 Å². The Kier molecular flexibility index (Phi) is 5.40. The molecule has 166 valence electrons. The van der Waals surface area contributed by atoms with Gasteiger partial charge in [0.25, 0.3) is 5.91 Å². The predicted molar refractivity (Wildman–Crippen MR) is 143 cm³/mol. The summed E-state index contributed by atoms with van der Waals surface area (Å²) in [6, 6.07) is 32.7. The molecule has 0 radical (unpaired) electrons. The number of carbonyl (C=O) groups is 1. The summed E-state index contributed by atoms with van der Waals surface area (Å²) in [6.45, 7) is 0.481. The molecule has 2 heterocycles. The van der Waals surface area contributed by atoms with Gasteiger partial charge in [0.15, 0.2) is 5.17 Å². The first-order chi connectivity index (χ1) is 16.7. The number of amides is 1. The Bertz CT molecular complexity index is 1470. The SMILES string of the molecule is CN1C(=C2SC(=Nc3cccc4ccccc34)N(Cc3ccccc3)C2=O)Sc2ccccc21. The van der Waals surface area contributed by atoms with Crippen molar-refractivity contribution in [3.63, 3.8) is 0 Å². The fraction of sp³-hybridized carbons (Fsp3) is 0.0714. The van der Waals surface area contributed by atoms with Gasteiger partial charge in [-0.05, 0) is 40.9 Å². The lowest BCUT2D eigenvalue weighted by Gasteiger charge is -2.17. The van der Waals surface area contributed by atoms with Gasteiger partial charge in [-0.1, -0.05) is 90.6 Å². The molecule has 1 amide bonds. The number of amidine groups is 1. The molecule has 34 heavy (non-hydrogen) atoms. The number of thioether (sulfide) groups is 2. The second kappa shape index (κ2) is 8.70. The summed E-state index contributed by atoms with van der Waals surface area (Å²) in [5.74, 6) is -0.00463. The van der Waals surface area contributed by atoms with Crippen LogP contribution in [0.5, 0.6) is 0 Å². The first kappa shape index (κ1) is 21.1. The third kappa shape index (κ3) is 3.69. The zero-order valence-corrected chi connectivity index (χ0v) is 20.1. The Hall–Kier alpha value is -3.48. The molecule has 4 aromatic carbocycles. The second-order valence-electron chi connectivity index (χ2n) is 8.13. The molecule has 0 aliphatic carbocycles. The first-order valence-electron chi connectivity index (χ1n) is 11.0. The van der Waals surface area contributed by atoms with Gasteiger partial charge < -0.3 is 4.90 Å². The van der Waals surface area contributed by atoms with E-state index in [1.807, 2.05) is 78.7 Å². The number of rotatable bonds is 3. The summed E-state index contributed by atoms with van der Waals surface area (Å²) in [5, 5.41) is 3.87. The van der Waals surface area contributed by atoms with Crippen LogP contribution in [0, 0.1) is 0 Å². The van der Waals surface area contributed by atoms with E-state index in [9.17, 15) is 4.79 Å². The van der Waals surface area contributed by atoms with Crippen molar-refractivity contribution < 1.29 is 4.79 Å². The van der Waals surface area contributed by atoms with Crippen molar-refractivity contribution in [3.8, 4) is 0 Å². The number of carbonyl (C=O) groups excluding carboxylic acids is 1. The van der Waals surface area contributed by atoms with Crippen molar-refractivity contribution in [2.24, 2.45) is 4.99 Å². The van der Waals surface area contributed by atoms with E-state index in [2.05, 4.69) is 35.2 Å². The van der Waals surface area contributed by atoms with Gasteiger partial charge in [0, 0.05) is 17.3 Å². The highest BCUT2D eigenvalue weighted by molar-refractivity contribution is 8.19. The molecule has 6 heteroatoms. The lowest BCUT2D eigenvalue weighted by molar-refractivity contribution is -0.122. The smallest absolute Gasteiger partial charge is 0.269 e. The van der Waals surface area contributed by atoms with Gasteiger partial charge >= 0.3 is 0 Å². The Labute approximate surface area is 207 Å². The minimum absolute atomic E-state index is 0.00463. The number of fused-ring (bicyclic) bond motifs is 2. The summed E-state index contributed by atoms with van der Waals surface area (Å²) in [7, 11) is 2.02. The molecule has 0 unspecified atom stereocenters. The van der Waals surface area contributed by atoms with Crippen molar-refractivity contribution in [2.45, 2.75) is 11.4 Å². The minimum atomic E-state index is -0.00463. The van der Waals surface area contributed by atoms with Gasteiger partial charge in [0.2, 0.25) is 0 Å². The standard InChI is InChI=1S/C28H21N3OS2/c1-30-23-16-7-8-17-24(23)33-27(30)25-26(32)31(18-19-10-3-2-4-11-19)28(34-25)29-22-15-9-13-20-12-5-6-14-21(20)22/h2-17H,18H2,1H3. The molecule has 0 bridgehead atoms. The Morgan fingerprint density at radius 1 is 0.794 bits per heavy atom. The molecule has 0 spiro atoms. The van der Waals surface area contributed by atoms with Crippen LogP contribution in [-0.2, 0) is 11.3 Å². The van der Waals surface area contributed by atoms with E-state index >= 15 is 0 Å². The lowest BCUT2D eigenvalue weighted by Crippen LogP contribution is -2.29. The molecule has 4 nitrogen and oxygen atoms in total. The molecule has 4 aromatic rings. The van der Waals surface area contributed by atoms with Crippen LogP contribution < -0.4 is 4.90 Å². The molecule has 0 aromatic heterocycles. The number of aliphatic imine (C=N–C) groups is 1. The number of para-hydroxylation sites is 1. The van der Waals surface area contributed by atoms with Gasteiger partial charge in [0.05, 0.1) is 22.9 Å². The van der Waals surface area contributed by atoms with Crippen LogP contribution >= 0.6 is 23.5 Å². The summed E-state index contributed by atoms with van der Waals surface area (Å²) in [4.78, 5) is 24.6. The third-order valence-corrected chi connectivity index (χ3v) is 8.39. The number of hydrogen-bond donors (Lipinski definition) is 0. The average molecular weight is 480 g/mol. The lowest BCUT2D eigenvalue weighted by atomic mass is 10.1. The molecular weight excluding hydrogens is 458 g/mol. The fourth-order valence-corrected chi connectivity index (χ4v) is 6.57. The maximum Gasteiger partial charge on any atom is 0.269 e. The zero-order valence-electron chi connectivity index (χ0n) is 18.5. The molecule has 2 aliphatic heterocycles. The molecule has 0 atom stereocenters. The van der Waals surface area contributed by atoms with E-state index in [4.69, 9.17) is 4.99 Å². The van der Waals surface area contributed by atoms with Crippen molar-refractivity contribution >= 4 is 56.7 Å². The van der Waals surface area contributed by atoms with Crippen LogP contribution in [0.15, 0.2) is 117 Å². The maximum absolute atomic E-state index is 13.8. The Balaban J connectivity index is 1.45. The van der Waals surface area contributed by atoms with Crippen LogP contribution in [0.25, 0.3) is 10.8 Å². The second-order valence-corrected chi connectivity index (χ2v) is 10.1. The predicted octanol–water partition coefficient (Wildman–Crippen LogP) is 7.01. The van der Waals surface area contributed by atoms with Crippen LogP contribution in [0.2, 0.25) is 0 Å². The summed E-state index contributed by atoms with van der Waals surface area (Å²) < 4.78 is 0. The Morgan fingerprint density at radius 3 is 2.38 bits per heavy atom. The normalized spacial score (nSPS) is 18.9. The van der Waals surface area contributed by atoms with E-state index < -0.39 is 0 Å². The number of anilines is 1. The van der Waals surface area contributed by atoms with E-state index in [0.29, 0.717) is 11.7 Å². The van der Waals surface area contributed by atoms with Crippen LogP contribution in [0.4, 0.5) is 11.4 Å². The minimum Gasteiger partial charge on any atom is -0.337 e. The molecule has 1 fully saturated rings. The zero-order chi connectivity index (χ0) is 23.1. The number of benzene rings is 4. The van der Waals surface area contributed by atoms with E-state index in [-0.39, 0.29) is 5.91 Å². The van der Waals surface area contributed by atoms with Gasteiger partial charge in [0.1, 0.15) is 4.91 Å². The first-order valence-corrected chi connectivity index (χ1v) is 12.7. The highest BCUT2D eigenvalue weighted by Crippen LogP contribution is 2.50. The maximum atomic E-state index is 13.8. The van der Waals surface area contributed by atoms with Crippen molar-refractivity contribution in [1.82, 2.24) is 4.90 Å². The number of hydrogen-bond acceptors (Lipinski definition) is 5. The van der Waals surface area contributed by atoms with Gasteiger partial charge in [-0.3, -0.25) is 9.69 Å². The van der Waals surface area contributed by atoms with Gasteiger partial charge in [-0.2, -0.15) is 0 Å². The molecule has 2 aliphatic rings. The number of nitrogens with zero attached hydrogens (tertiary/aromatic N) is 3. The highest BCUT2D eigenvalue weighted by Gasteiger charge is 2.39. The topological polar surface area (TPSA) is 35.9 Å². The molecule has 0 saturated carbocycles. The van der Waals surface area contributed by atoms with E-state index in [1.165, 1.54) is 11.8 Å². The van der Waals surface area contributed by atoms with Crippen molar-refractivity contribution in [2.75, 3.05) is 11.9 Å². The largest absolute Gasteiger partial charge is 0.337 e. The highest BCUT2D eigenvalue weighted by atomic mass is 32.2. The fourth-order valence-electron chi connectivity index (χ4n) is 4.23. The quantitative estimate of drug-likeness (QED) is 0.296. The molecule has 1 saturated heterocycles. The van der Waals surface area contributed by atoms with Crippen molar-refractivity contribution in [1.29, 1.82) is 0 Å². The van der Waals surface area contributed by atoms with Crippen molar-refractivity contribution in [3.05, 3.63) is 113 Å².